The smallest absolute Gasteiger partial charge is 0.0240 e. The van der Waals surface area contributed by atoms with Crippen LogP contribution in [-0.4, -0.2) is 23.4 Å². The van der Waals surface area contributed by atoms with E-state index in [0.717, 1.165) is 25.4 Å². The van der Waals surface area contributed by atoms with Gasteiger partial charge in [-0.25, -0.2) is 0 Å². The van der Waals surface area contributed by atoms with Crippen molar-refractivity contribution in [3.63, 3.8) is 0 Å². The lowest BCUT2D eigenvalue weighted by Crippen LogP contribution is -2.21. The van der Waals surface area contributed by atoms with Crippen LogP contribution in [-0.2, 0) is 0 Å². The van der Waals surface area contributed by atoms with Crippen molar-refractivity contribution >= 4 is 0 Å². The summed E-state index contributed by atoms with van der Waals surface area (Å²) in [5.74, 6) is 0.788. The fraction of sp³-hybridized carbons (Fsp3) is 1.00. The zero-order valence-corrected chi connectivity index (χ0v) is 8.01. The molecule has 68 valence electrons. The van der Waals surface area contributed by atoms with Gasteiger partial charge in [0, 0.05) is 13.1 Å². The van der Waals surface area contributed by atoms with E-state index in [0.29, 0.717) is 0 Å². The Hall–Kier alpha value is -0.0800. The average molecular weight is 159 g/mol. The summed E-state index contributed by atoms with van der Waals surface area (Å²) >= 11 is 0. The Labute approximate surface area is 70.2 Å². The molecule has 0 radical (unpaired) electrons. The molecule has 0 aliphatic heterocycles. The summed E-state index contributed by atoms with van der Waals surface area (Å²) < 4.78 is 0. The SMILES string of the molecule is CCC(CC)CCN(O)CC. The van der Waals surface area contributed by atoms with Crippen LogP contribution in [0.3, 0.4) is 0 Å². The van der Waals surface area contributed by atoms with E-state index in [-0.39, 0.29) is 0 Å². The maximum atomic E-state index is 9.13. The molecule has 2 nitrogen and oxygen atoms in total. The molecule has 0 bridgehead atoms. The van der Waals surface area contributed by atoms with Gasteiger partial charge in [-0.15, -0.1) is 0 Å². The van der Waals surface area contributed by atoms with E-state index in [1.165, 1.54) is 17.9 Å². The molecule has 11 heavy (non-hydrogen) atoms. The molecule has 2 heteroatoms. The molecule has 0 unspecified atom stereocenters. The summed E-state index contributed by atoms with van der Waals surface area (Å²) in [6.07, 6.45) is 3.58. The maximum Gasteiger partial charge on any atom is 0.0240 e. The second-order valence-corrected chi connectivity index (χ2v) is 3.02. The second kappa shape index (κ2) is 6.62. The van der Waals surface area contributed by atoms with Crippen LogP contribution in [0.2, 0.25) is 0 Å². The molecule has 0 aromatic heterocycles. The first-order valence-electron chi connectivity index (χ1n) is 4.68. The summed E-state index contributed by atoms with van der Waals surface area (Å²) in [6.45, 7) is 7.94. The highest BCUT2D eigenvalue weighted by atomic mass is 16.5. The van der Waals surface area contributed by atoms with Gasteiger partial charge in [0.2, 0.25) is 0 Å². The molecule has 0 aliphatic carbocycles. The van der Waals surface area contributed by atoms with Crippen LogP contribution in [0.25, 0.3) is 0 Å². The van der Waals surface area contributed by atoms with Gasteiger partial charge >= 0.3 is 0 Å². The van der Waals surface area contributed by atoms with Gasteiger partial charge in [-0.2, -0.15) is 5.06 Å². The van der Waals surface area contributed by atoms with E-state index in [9.17, 15) is 0 Å². The minimum absolute atomic E-state index is 0.736. The van der Waals surface area contributed by atoms with E-state index >= 15 is 0 Å². The second-order valence-electron chi connectivity index (χ2n) is 3.02. The molecule has 0 fully saturated rings. The van der Waals surface area contributed by atoms with Crippen LogP contribution < -0.4 is 0 Å². The topological polar surface area (TPSA) is 23.5 Å². The Balaban J connectivity index is 3.34. The van der Waals surface area contributed by atoms with Gasteiger partial charge in [0.05, 0.1) is 0 Å². The van der Waals surface area contributed by atoms with Gasteiger partial charge in [0.15, 0.2) is 0 Å². The highest BCUT2D eigenvalue weighted by molar-refractivity contribution is 4.55. The molecule has 0 amide bonds. The van der Waals surface area contributed by atoms with Crippen molar-refractivity contribution < 1.29 is 5.21 Å². The van der Waals surface area contributed by atoms with Gasteiger partial charge in [0.1, 0.15) is 0 Å². The molecule has 0 saturated carbocycles. The lowest BCUT2D eigenvalue weighted by atomic mass is 10.00. The van der Waals surface area contributed by atoms with Crippen molar-refractivity contribution in [1.82, 2.24) is 5.06 Å². The van der Waals surface area contributed by atoms with Gasteiger partial charge in [-0.1, -0.05) is 33.6 Å². The molecule has 0 rings (SSSR count). The predicted molar refractivity (Wildman–Crippen MR) is 47.7 cm³/mol. The first-order valence-corrected chi connectivity index (χ1v) is 4.68. The summed E-state index contributed by atoms with van der Waals surface area (Å²) in [5.41, 5.74) is 0. The predicted octanol–water partition coefficient (Wildman–Crippen LogP) is 2.52. The summed E-state index contributed by atoms with van der Waals surface area (Å²) in [5, 5.41) is 10.5. The monoisotopic (exact) mass is 159 g/mol. The summed E-state index contributed by atoms with van der Waals surface area (Å²) in [6, 6.07) is 0. The molecular formula is C9H21NO. The van der Waals surface area contributed by atoms with Crippen LogP contribution in [0.5, 0.6) is 0 Å². The number of hydrogen-bond acceptors (Lipinski definition) is 2. The standard InChI is InChI=1S/C9H21NO/c1-4-9(5-2)7-8-10(11)6-3/h9,11H,4-8H2,1-3H3. The third kappa shape index (κ3) is 5.22. The molecule has 1 N–H and O–H groups in total. The Morgan fingerprint density at radius 1 is 1.18 bits per heavy atom. The zero-order valence-electron chi connectivity index (χ0n) is 8.01. The van der Waals surface area contributed by atoms with E-state index in [4.69, 9.17) is 5.21 Å². The highest BCUT2D eigenvalue weighted by Gasteiger charge is 2.04. The number of rotatable bonds is 6. The molecule has 0 aromatic rings. The molecule has 0 aromatic carbocycles. The molecule has 0 saturated heterocycles. The Bertz CT molecular complexity index is 81.6. The average Bonchev–Trinajstić information content (AvgIpc) is 2.06. The highest BCUT2D eigenvalue weighted by Crippen LogP contribution is 2.12. The molecule has 0 heterocycles. The minimum Gasteiger partial charge on any atom is -0.314 e. The van der Waals surface area contributed by atoms with Crippen molar-refractivity contribution in [2.24, 2.45) is 5.92 Å². The van der Waals surface area contributed by atoms with E-state index in [1.807, 2.05) is 6.92 Å². The molecule has 0 spiro atoms. The minimum atomic E-state index is 0.736. The Morgan fingerprint density at radius 2 is 1.73 bits per heavy atom. The fourth-order valence-electron chi connectivity index (χ4n) is 1.19. The van der Waals surface area contributed by atoms with E-state index < -0.39 is 0 Å². The number of hydroxylamine groups is 2. The van der Waals surface area contributed by atoms with Gasteiger partial charge < -0.3 is 5.21 Å². The largest absolute Gasteiger partial charge is 0.314 e. The van der Waals surface area contributed by atoms with Crippen LogP contribution in [0, 0.1) is 5.92 Å². The normalized spacial score (nSPS) is 11.5. The van der Waals surface area contributed by atoms with Crippen LogP contribution in [0.4, 0.5) is 0 Å². The van der Waals surface area contributed by atoms with Crippen molar-refractivity contribution in [1.29, 1.82) is 0 Å². The van der Waals surface area contributed by atoms with Crippen LogP contribution >= 0.6 is 0 Å². The number of nitrogens with zero attached hydrogens (tertiary/aromatic N) is 1. The fourth-order valence-corrected chi connectivity index (χ4v) is 1.19. The van der Waals surface area contributed by atoms with Crippen molar-refractivity contribution in [3.8, 4) is 0 Å². The molecule has 0 aliphatic rings. The van der Waals surface area contributed by atoms with Crippen molar-refractivity contribution in [2.45, 2.75) is 40.0 Å². The number of hydrogen-bond donors (Lipinski definition) is 1. The lowest BCUT2D eigenvalue weighted by Gasteiger charge is -2.16. The van der Waals surface area contributed by atoms with Crippen LogP contribution in [0.15, 0.2) is 0 Å². The van der Waals surface area contributed by atoms with Crippen LogP contribution in [0.1, 0.15) is 40.0 Å². The van der Waals surface area contributed by atoms with Gasteiger partial charge in [-0.3, -0.25) is 0 Å². The molecule has 0 atom stereocenters. The maximum absolute atomic E-state index is 9.13. The van der Waals surface area contributed by atoms with Crippen molar-refractivity contribution in [3.05, 3.63) is 0 Å². The van der Waals surface area contributed by atoms with Gasteiger partial charge in [0.25, 0.3) is 0 Å². The molecular weight excluding hydrogens is 138 g/mol. The zero-order chi connectivity index (χ0) is 8.69. The Kier molecular flexibility index (Phi) is 6.57. The lowest BCUT2D eigenvalue weighted by molar-refractivity contribution is -0.0893. The third-order valence-corrected chi connectivity index (χ3v) is 2.32. The van der Waals surface area contributed by atoms with E-state index in [2.05, 4.69) is 13.8 Å². The first kappa shape index (κ1) is 10.9. The van der Waals surface area contributed by atoms with E-state index in [1.54, 1.807) is 0 Å². The van der Waals surface area contributed by atoms with Crippen molar-refractivity contribution in [2.75, 3.05) is 13.1 Å². The quantitative estimate of drug-likeness (QED) is 0.602. The van der Waals surface area contributed by atoms with Gasteiger partial charge in [-0.05, 0) is 12.3 Å². The Morgan fingerprint density at radius 3 is 2.09 bits per heavy atom. The summed E-state index contributed by atoms with van der Waals surface area (Å²) in [7, 11) is 0. The third-order valence-electron chi connectivity index (χ3n) is 2.32. The first-order chi connectivity index (χ1) is 5.24. The summed E-state index contributed by atoms with van der Waals surface area (Å²) in [4.78, 5) is 0.